The molecule has 0 aliphatic carbocycles. The molecule has 0 bridgehead atoms. The van der Waals surface area contributed by atoms with Crippen LogP contribution in [0.2, 0.25) is 0 Å². The van der Waals surface area contributed by atoms with E-state index in [0.29, 0.717) is 0 Å². The van der Waals surface area contributed by atoms with E-state index in [0.717, 1.165) is 26.1 Å². The third kappa shape index (κ3) is 1.13. The van der Waals surface area contributed by atoms with Gasteiger partial charge in [-0.05, 0) is 6.42 Å². The maximum atomic E-state index is 7.11. The molecule has 0 saturated carbocycles. The molecule has 1 saturated heterocycles. The molecule has 1 fully saturated rings. The molecule has 0 aromatic carbocycles. The summed E-state index contributed by atoms with van der Waals surface area (Å²) in [5, 5.41) is 7.11. The fourth-order valence-corrected chi connectivity index (χ4v) is 1.16. The van der Waals surface area contributed by atoms with Gasteiger partial charge >= 0.3 is 0 Å². The van der Waals surface area contributed by atoms with Crippen molar-refractivity contribution in [3.63, 3.8) is 0 Å². The van der Waals surface area contributed by atoms with Crippen LogP contribution < -0.4 is 0 Å². The molecule has 0 atom stereocenters. The van der Waals surface area contributed by atoms with Gasteiger partial charge in [0.2, 0.25) is 0 Å². The Morgan fingerprint density at radius 3 is 2.44 bits per heavy atom. The van der Waals surface area contributed by atoms with Crippen molar-refractivity contribution < 1.29 is 4.74 Å². The Hall–Kier alpha value is -0.370. The summed E-state index contributed by atoms with van der Waals surface area (Å²) in [6.45, 7) is 3.68. The Bertz CT molecular complexity index is 107. The first-order chi connectivity index (χ1) is 4.33. The summed E-state index contributed by atoms with van der Waals surface area (Å²) in [5.41, 5.74) is 0.134. The van der Waals surface area contributed by atoms with Crippen LogP contribution >= 0.6 is 0 Å². The average molecular weight is 127 g/mol. The molecular weight excluding hydrogens is 114 g/mol. The molecule has 0 spiro atoms. The second kappa shape index (κ2) is 2.48. The van der Waals surface area contributed by atoms with Gasteiger partial charge in [-0.3, -0.25) is 0 Å². The van der Waals surface area contributed by atoms with Gasteiger partial charge in [-0.25, -0.2) is 0 Å². The maximum Gasteiger partial charge on any atom is 0.0594 e. The van der Waals surface area contributed by atoms with Crippen molar-refractivity contribution >= 4 is 6.21 Å². The first kappa shape index (κ1) is 6.75. The number of rotatable bonds is 3. The fourth-order valence-electron chi connectivity index (χ4n) is 1.16. The summed E-state index contributed by atoms with van der Waals surface area (Å²) in [5.74, 6) is 0. The Labute approximate surface area is 55.7 Å². The van der Waals surface area contributed by atoms with Crippen molar-refractivity contribution in [1.29, 1.82) is 5.41 Å². The molecule has 1 rings (SSSR count). The van der Waals surface area contributed by atoms with E-state index in [2.05, 4.69) is 6.92 Å². The number of hydrogen-bond donors (Lipinski definition) is 1. The lowest BCUT2D eigenvalue weighted by Gasteiger charge is -2.37. The molecule has 0 radical (unpaired) electrons. The van der Waals surface area contributed by atoms with Crippen molar-refractivity contribution in [1.82, 2.24) is 0 Å². The zero-order valence-electron chi connectivity index (χ0n) is 5.81. The first-order valence-electron chi connectivity index (χ1n) is 3.42. The van der Waals surface area contributed by atoms with Crippen molar-refractivity contribution in [2.45, 2.75) is 19.8 Å². The van der Waals surface area contributed by atoms with E-state index in [1.165, 1.54) is 0 Å². The van der Waals surface area contributed by atoms with Crippen LogP contribution in [0.25, 0.3) is 0 Å². The Morgan fingerprint density at radius 1 is 1.67 bits per heavy atom. The van der Waals surface area contributed by atoms with Crippen LogP contribution in [0.3, 0.4) is 0 Å². The van der Waals surface area contributed by atoms with Crippen LogP contribution in [0, 0.1) is 10.8 Å². The monoisotopic (exact) mass is 127 g/mol. The van der Waals surface area contributed by atoms with E-state index in [-0.39, 0.29) is 5.41 Å². The van der Waals surface area contributed by atoms with E-state index < -0.39 is 0 Å². The second-order valence-electron chi connectivity index (χ2n) is 2.75. The highest BCUT2D eigenvalue weighted by Gasteiger charge is 2.35. The molecule has 52 valence electrons. The number of nitrogens with one attached hydrogen (secondary N) is 1. The number of ether oxygens (including phenoxy) is 1. The van der Waals surface area contributed by atoms with E-state index in [1.54, 1.807) is 6.21 Å². The lowest BCUT2D eigenvalue weighted by atomic mass is 9.83. The van der Waals surface area contributed by atoms with Crippen LogP contribution in [-0.2, 0) is 4.74 Å². The van der Waals surface area contributed by atoms with Crippen LogP contribution in [0.4, 0.5) is 0 Å². The molecule has 0 amide bonds. The van der Waals surface area contributed by atoms with Crippen molar-refractivity contribution in [3.8, 4) is 0 Å². The van der Waals surface area contributed by atoms with Crippen LogP contribution in [0.5, 0.6) is 0 Å². The van der Waals surface area contributed by atoms with Gasteiger partial charge in [0, 0.05) is 6.21 Å². The van der Waals surface area contributed by atoms with Crippen LogP contribution in [-0.4, -0.2) is 19.4 Å². The van der Waals surface area contributed by atoms with Gasteiger partial charge in [0.1, 0.15) is 0 Å². The zero-order valence-corrected chi connectivity index (χ0v) is 5.81. The smallest absolute Gasteiger partial charge is 0.0594 e. The topological polar surface area (TPSA) is 33.1 Å². The standard InChI is InChI=1S/C7H13NO/c1-2-3-7(4-8)5-9-6-7/h4,8H,2-3,5-6H2,1H3. The molecule has 0 aromatic heterocycles. The SMILES string of the molecule is CCCC1(C=N)COC1. The third-order valence-electron chi connectivity index (χ3n) is 1.83. The minimum atomic E-state index is 0.134. The van der Waals surface area contributed by atoms with Crippen LogP contribution in [0.15, 0.2) is 0 Å². The molecule has 1 aliphatic rings. The maximum absolute atomic E-state index is 7.11. The third-order valence-corrected chi connectivity index (χ3v) is 1.83. The van der Waals surface area contributed by atoms with E-state index in [4.69, 9.17) is 10.1 Å². The molecule has 1 N–H and O–H groups in total. The van der Waals surface area contributed by atoms with Crippen molar-refractivity contribution in [3.05, 3.63) is 0 Å². The predicted octanol–water partition coefficient (Wildman–Crippen LogP) is 1.45. The summed E-state index contributed by atoms with van der Waals surface area (Å²) in [6, 6.07) is 0. The van der Waals surface area contributed by atoms with Gasteiger partial charge in [-0.1, -0.05) is 13.3 Å². The Balaban J connectivity index is 2.37. The van der Waals surface area contributed by atoms with Crippen LogP contribution in [0.1, 0.15) is 19.8 Å². The fraction of sp³-hybridized carbons (Fsp3) is 0.857. The van der Waals surface area contributed by atoms with Crippen molar-refractivity contribution in [2.24, 2.45) is 5.41 Å². The first-order valence-corrected chi connectivity index (χ1v) is 3.42. The van der Waals surface area contributed by atoms with Gasteiger partial charge in [0.05, 0.1) is 18.6 Å². The number of hydrogen-bond acceptors (Lipinski definition) is 2. The molecule has 0 unspecified atom stereocenters. The minimum Gasteiger partial charge on any atom is -0.379 e. The predicted molar refractivity (Wildman–Crippen MR) is 36.9 cm³/mol. The second-order valence-corrected chi connectivity index (χ2v) is 2.75. The average Bonchev–Trinajstić information content (AvgIpc) is 1.79. The molecule has 2 nitrogen and oxygen atoms in total. The van der Waals surface area contributed by atoms with E-state index >= 15 is 0 Å². The molecule has 1 heterocycles. The van der Waals surface area contributed by atoms with E-state index in [1.807, 2.05) is 0 Å². The summed E-state index contributed by atoms with van der Waals surface area (Å²) in [4.78, 5) is 0. The molecule has 9 heavy (non-hydrogen) atoms. The highest BCUT2D eigenvalue weighted by molar-refractivity contribution is 5.63. The van der Waals surface area contributed by atoms with Gasteiger partial charge < -0.3 is 10.1 Å². The quantitative estimate of drug-likeness (QED) is 0.572. The zero-order chi connectivity index (χ0) is 6.74. The highest BCUT2D eigenvalue weighted by atomic mass is 16.5. The molecule has 2 heteroatoms. The minimum absolute atomic E-state index is 0.134. The summed E-state index contributed by atoms with van der Waals surface area (Å²) in [6.07, 6.45) is 3.80. The molecule has 1 aliphatic heterocycles. The largest absolute Gasteiger partial charge is 0.379 e. The normalized spacial score (nSPS) is 22.8. The molecular formula is C7H13NO. The lowest BCUT2D eigenvalue weighted by molar-refractivity contribution is -0.0709. The van der Waals surface area contributed by atoms with Gasteiger partial charge in [0.25, 0.3) is 0 Å². The van der Waals surface area contributed by atoms with Gasteiger partial charge in [0.15, 0.2) is 0 Å². The summed E-state index contributed by atoms with van der Waals surface area (Å²) in [7, 11) is 0. The lowest BCUT2D eigenvalue weighted by Crippen LogP contribution is -2.43. The summed E-state index contributed by atoms with van der Waals surface area (Å²) < 4.78 is 5.03. The Morgan fingerprint density at radius 2 is 2.33 bits per heavy atom. The summed E-state index contributed by atoms with van der Waals surface area (Å²) >= 11 is 0. The highest BCUT2D eigenvalue weighted by Crippen LogP contribution is 2.29. The van der Waals surface area contributed by atoms with E-state index in [9.17, 15) is 0 Å². The Kier molecular flexibility index (Phi) is 1.86. The van der Waals surface area contributed by atoms with Crippen molar-refractivity contribution in [2.75, 3.05) is 13.2 Å². The van der Waals surface area contributed by atoms with Gasteiger partial charge in [-0.2, -0.15) is 0 Å². The van der Waals surface area contributed by atoms with Gasteiger partial charge in [-0.15, -0.1) is 0 Å². The molecule has 0 aromatic rings.